The van der Waals surface area contributed by atoms with Crippen molar-refractivity contribution in [3.8, 4) is 0 Å². The number of nitrogens with two attached hydrogens (primary N) is 1. The van der Waals surface area contributed by atoms with Crippen LogP contribution >= 0.6 is 0 Å². The SMILES string of the molecule is Cc1ccc(F)cc1C(CN)CC(=O)O. The molecule has 4 heteroatoms. The van der Waals surface area contributed by atoms with Crippen LogP contribution in [0.5, 0.6) is 0 Å². The number of carboxylic acids is 1. The second kappa shape index (κ2) is 4.89. The molecule has 0 aliphatic rings. The molecule has 15 heavy (non-hydrogen) atoms. The molecule has 1 rings (SSSR count). The van der Waals surface area contributed by atoms with Crippen molar-refractivity contribution in [2.75, 3.05) is 6.54 Å². The summed E-state index contributed by atoms with van der Waals surface area (Å²) in [4.78, 5) is 10.6. The lowest BCUT2D eigenvalue weighted by molar-refractivity contribution is -0.137. The molecule has 0 saturated heterocycles. The zero-order valence-corrected chi connectivity index (χ0v) is 8.53. The van der Waals surface area contributed by atoms with Gasteiger partial charge in [0.2, 0.25) is 0 Å². The van der Waals surface area contributed by atoms with Crippen LogP contribution in [0.1, 0.15) is 23.5 Å². The van der Waals surface area contributed by atoms with Gasteiger partial charge in [-0.25, -0.2) is 4.39 Å². The number of aliphatic carboxylic acids is 1. The second-order valence-corrected chi connectivity index (χ2v) is 3.53. The van der Waals surface area contributed by atoms with E-state index < -0.39 is 5.97 Å². The number of halogens is 1. The number of hydrogen-bond acceptors (Lipinski definition) is 2. The van der Waals surface area contributed by atoms with Gasteiger partial charge in [-0.1, -0.05) is 6.07 Å². The van der Waals surface area contributed by atoms with Gasteiger partial charge in [0.25, 0.3) is 0 Å². The van der Waals surface area contributed by atoms with E-state index in [4.69, 9.17) is 10.8 Å². The predicted octanol–water partition coefficient (Wildman–Crippen LogP) is 1.65. The molecule has 1 aromatic rings. The van der Waals surface area contributed by atoms with Gasteiger partial charge in [-0.3, -0.25) is 4.79 Å². The van der Waals surface area contributed by atoms with Gasteiger partial charge in [0.15, 0.2) is 0 Å². The first-order chi connectivity index (χ1) is 7.04. The fourth-order valence-corrected chi connectivity index (χ4v) is 1.58. The molecule has 0 saturated carbocycles. The maximum atomic E-state index is 13.0. The molecule has 0 aliphatic carbocycles. The number of carboxylic acid groups (broad SMARTS) is 1. The van der Waals surface area contributed by atoms with Crippen molar-refractivity contribution in [3.05, 3.63) is 35.1 Å². The molecule has 0 aromatic heterocycles. The van der Waals surface area contributed by atoms with Crippen LogP contribution in [0.15, 0.2) is 18.2 Å². The Kier molecular flexibility index (Phi) is 3.80. The van der Waals surface area contributed by atoms with Gasteiger partial charge in [0.1, 0.15) is 5.82 Å². The summed E-state index contributed by atoms with van der Waals surface area (Å²) in [6.45, 7) is 2.02. The molecule has 3 nitrogen and oxygen atoms in total. The van der Waals surface area contributed by atoms with Crippen LogP contribution in [0.2, 0.25) is 0 Å². The van der Waals surface area contributed by atoms with E-state index in [9.17, 15) is 9.18 Å². The van der Waals surface area contributed by atoms with Gasteiger partial charge in [0, 0.05) is 5.92 Å². The predicted molar refractivity (Wildman–Crippen MR) is 55.2 cm³/mol. The molecule has 1 unspecified atom stereocenters. The minimum Gasteiger partial charge on any atom is -0.481 e. The first kappa shape index (κ1) is 11.7. The highest BCUT2D eigenvalue weighted by Crippen LogP contribution is 2.23. The Morgan fingerprint density at radius 3 is 2.80 bits per heavy atom. The van der Waals surface area contributed by atoms with Gasteiger partial charge in [-0.2, -0.15) is 0 Å². The number of aryl methyl sites for hydroxylation is 1. The summed E-state index contributed by atoms with van der Waals surface area (Å²) in [5.74, 6) is -1.60. The van der Waals surface area contributed by atoms with Crippen molar-refractivity contribution in [1.82, 2.24) is 0 Å². The molecule has 82 valence electrons. The first-order valence-electron chi connectivity index (χ1n) is 4.72. The Bertz CT molecular complexity index is 366. The highest BCUT2D eigenvalue weighted by molar-refractivity contribution is 5.68. The van der Waals surface area contributed by atoms with Crippen molar-refractivity contribution in [1.29, 1.82) is 0 Å². The van der Waals surface area contributed by atoms with E-state index in [-0.39, 0.29) is 24.7 Å². The van der Waals surface area contributed by atoms with Crippen LogP contribution in [0, 0.1) is 12.7 Å². The molecule has 0 bridgehead atoms. The standard InChI is InChI=1S/C11H14FNO2/c1-7-2-3-9(12)5-10(7)8(6-13)4-11(14)15/h2-3,5,8H,4,6,13H2,1H3,(H,14,15). The zero-order valence-electron chi connectivity index (χ0n) is 8.53. The summed E-state index contributed by atoms with van der Waals surface area (Å²) in [5.41, 5.74) is 7.04. The molecule has 0 spiro atoms. The van der Waals surface area contributed by atoms with E-state index >= 15 is 0 Å². The smallest absolute Gasteiger partial charge is 0.304 e. The van der Waals surface area contributed by atoms with Crippen molar-refractivity contribution in [2.24, 2.45) is 5.73 Å². The minimum absolute atomic E-state index is 0.0687. The number of hydrogen-bond donors (Lipinski definition) is 2. The average Bonchev–Trinajstić information content (AvgIpc) is 2.18. The summed E-state index contributed by atoms with van der Waals surface area (Å²) >= 11 is 0. The van der Waals surface area contributed by atoms with Crippen molar-refractivity contribution < 1.29 is 14.3 Å². The Morgan fingerprint density at radius 1 is 1.60 bits per heavy atom. The van der Waals surface area contributed by atoms with Crippen LogP contribution in [0.25, 0.3) is 0 Å². The summed E-state index contributed by atoms with van der Waals surface area (Å²) in [6, 6.07) is 4.35. The highest BCUT2D eigenvalue weighted by atomic mass is 19.1. The maximum Gasteiger partial charge on any atom is 0.304 e. The lowest BCUT2D eigenvalue weighted by Crippen LogP contribution is -2.17. The molecule has 0 heterocycles. The zero-order chi connectivity index (χ0) is 11.4. The van der Waals surface area contributed by atoms with E-state index in [1.807, 2.05) is 6.92 Å². The molecule has 0 fully saturated rings. The fraction of sp³-hybridized carbons (Fsp3) is 0.364. The first-order valence-corrected chi connectivity index (χ1v) is 4.72. The minimum atomic E-state index is -0.922. The van der Waals surface area contributed by atoms with Crippen LogP contribution in [0.4, 0.5) is 4.39 Å². The van der Waals surface area contributed by atoms with Gasteiger partial charge in [0.05, 0.1) is 6.42 Å². The highest BCUT2D eigenvalue weighted by Gasteiger charge is 2.16. The molecule has 1 atom stereocenters. The number of carbonyl (C=O) groups is 1. The summed E-state index contributed by atoms with van der Waals surface area (Å²) in [6.07, 6.45) is -0.0687. The van der Waals surface area contributed by atoms with Crippen LogP contribution in [-0.4, -0.2) is 17.6 Å². The molecular weight excluding hydrogens is 197 g/mol. The van der Waals surface area contributed by atoms with Gasteiger partial charge in [-0.05, 0) is 36.7 Å². The quantitative estimate of drug-likeness (QED) is 0.796. The Morgan fingerprint density at radius 2 is 2.27 bits per heavy atom. The fourth-order valence-electron chi connectivity index (χ4n) is 1.58. The van der Waals surface area contributed by atoms with Crippen molar-refractivity contribution in [3.63, 3.8) is 0 Å². The number of rotatable bonds is 4. The average molecular weight is 211 g/mol. The van der Waals surface area contributed by atoms with E-state index in [2.05, 4.69) is 0 Å². The van der Waals surface area contributed by atoms with E-state index in [1.165, 1.54) is 12.1 Å². The van der Waals surface area contributed by atoms with Crippen molar-refractivity contribution in [2.45, 2.75) is 19.3 Å². The molecular formula is C11H14FNO2. The third kappa shape index (κ3) is 3.02. The lowest BCUT2D eigenvalue weighted by Gasteiger charge is -2.15. The van der Waals surface area contributed by atoms with E-state index in [0.717, 1.165) is 5.56 Å². The Labute approximate surface area is 87.7 Å². The largest absolute Gasteiger partial charge is 0.481 e. The van der Waals surface area contributed by atoms with Crippen LogP contribution in [0.3, 0.4) is 0 Å². The van der Waals surface area contributed by atoms with Gasteiger partial charge < -0.3 is 10.8 Å². The van der Waals surface area contributed by atoms with E-state index in [0.29, 0.717) is 5.56 Å². The summed E-state index contributed by atoms with van der Waals surface area (Å²) in [7, 11) is 0. The second-order valence-electron chi connectivity index (χ2n) is 3.53. The lowest BCUT2D eigenvalue weighted by atomic mass is 9.92. The summed E-state index contributed by atoms with van der Waals surface area (Å²) in [5, 5.41) is 8.69. The molecule has 1 aromatic carbocycles. The molecule has 3 N–H and O–H groups in total. The topological polar surface area (TPSA) is 63.3 Å². The normalized spacial score (nSPS) is 12.5. The third-order valence-corrected chi connectivity index (χ3v) is 2.39. The van der Waals surface area contributed by atoms with E-state index in [1.54, 1.807) is 6.07 Å². The van der Waals surface area contributed by atoms with Crippen LogP contribution < -0.4 is 5.73 Å². The van der Waals surface area contributed by atoms with Gasteiger partial charge >= 0.3 is 5.97 Å². The molecule has 0 amide bonds. The monoisotopic (exact) mass is 211 g/mol. The van der Waals surface area contributed by atoms with Gasteiger partial charge in [-0.15, -0.1) is 0 Å². The molecule has 0 radical (unpaired) electrons. The Balaban J connectivity index is 3.00. The number of benzene rings is 1. The third-order valence-electron chi connectivity index (χ3n) is 2.39. The maximum absolute atomic E-state index is 13.0. The van der Waals surface area contributed by atoms with Crippen LogP contribution in [-0.2, 0) is 4.79 Å². The molecule has 0 aliphatic heterocycles. The Hall–Kier alpha value is -1.42. The summed E-state index contributed by atoms with van der Waals surface area (Å²) < 4.78 is 13.0. The van der Waals surface area contributed by atoms with Crippen molar-refractivity contribution >= 4 is 5.97 Å².